The fraction of sp³-hybridized carbons (Fsp3) is 0.667. The summed E-state index contributed by atoms with van der Waals surface area (Å²) >= 11 is 0. The van der Waals surface area contributed by atoms with E-state index in [1.54, 1.807) is 5.56 Å². The lowest BCUT2D eigenvalue weighted by molar-refractivity contribution is 0.443. The van der Waals surface area contributed by atoms with Crippen LogP contribution in [-0.4, -0.2) is 7.05 Å². The second-order valence-electron chi connectivity index (χ2n) is 6.64. The Kier molecular flexibility index (Phi) is 3.93. The van der Waals surface area contributed by atoms with E-state index < -0.39 is 0 Å². The summed E-state index contributed by atoms with van der Waals surface area (Å²) in [6, 6.07) is 10.1. The van der Waals surface area contributed by atoms with Crippen LogP contribution in [0.1, 0.15) is 68.5 Å². The lowest BCUT2D eigenvalue weighted by Crippen LogP contribution is -2.19. The molecule has 0 bridgehead atoms. The van der Waals surface area contributed by atoms with E-state index in [0.717, 1.165) is 17.8 Å². The molecule has 3 unspecified atom stereocenters. The Bertz CT molecular complexity index is 402. The molecule has 1 aromatic rings. The van der Waals surface area contributed by atoms with Gasteiger partial charge in [-0.25, -0.2) is 0 Å². The quantitative estimate of drug-likeness (QED) is 0.828. The molecule has 0 radical (unpaired) electrons. The molecule has 2 aliphatic rings. The van der Waals surface area contributed by atoms with Crippen molar-refractivity contribution in [3.63, 3.8) is 0 Å². The summed E-state index contributed by atoms with van der Waals surface area (Å²) in [5.74, 6) is 2.58. The zero-order chi connectivity index (χ0) is 13.2. The summed E-state index contributed by atoms with van der Waals surface area (Å²) in [6.07, 6.45) is 8.46. The average Bonchev–Trinajstić information content (AvgIpc) is 3.18. The maximum Gasteiger partial charge on any atom is 0.0348 e. The zero-order valence-corrected chi connectivity index (χ0v) is 12.4. The average molecular weight is 257 g/mol. The monoisotopic (exact) mass is 257 g/mol. The van der Waals surface area contributed by atoms with Crippen molar-refractivity contribution in [1.82, 2.24) is 5.32 Å². The Hall–Kier alpha value is -0.820. The van der Waals surface area contributed by atoms with E-state index in [9.17, 15) is 0 Å². The minimum atomic E-state index is 0.565. The third-order valence-electron chi connectivity index (χ3n) is 5.28. The second-order valence-corrected chi connectivity index (χ2v) is 6.64. The standard InChI is InChI=1S/C18H27N/c1-13-12-17(13)18(19-2)16-10-8-15(9-11-16)14-6-4-3-5-7-14/h8-11,13-14,17-19H,3-7,12H2,1-2H3. The number of rotatable bonds is 4. The van der Waals surface area contributed by atoms with Gasteiger partial charge in [0.2, 0.25) is 0 Å². The molecule has 0 aromatic heterocycles. The first-order valence-electron chi connectivity index (χ1n) is 8.06. The van der Waals surface area contributed by atoms with Crippen LogP contribution in [0, 0.1) is 11.8 Å². The van der Waals surface area contributed by atoms with Gasteiger partial charge in [-0.05, 0) is 55.2 Å². The van der Waals surface area contributed by atoms with E-state index in [4.69, 9.17) is 0 Å². The van der Waals surface area contributed by atoms with E-state index >= 15 is 0 Å². The smallest absolute Gasteiger partial charge is 0.0348 e. The van der Waals surface area contributed by atoms with Crippen LogP contribution in [0.3, 0.4) is 0 Å². The van der Waals surface area contributed by atoms with Crippen LogP contribution in [0.25, 0.3) is 0 Å². The maximum absolute atomic E-state index is 3.51. The van der Waals surface area contributed by atoms with Crippen molar-refractivity contribution in [3.8, 4) is 0 Å². The van der Waals surface area contributed by atoms with Crippen LogP contribution in [0.2, 0.25) is 0 Å². The maximum atomic E-state index is 3.51. The molecule has 104 valence electrons. The third kappa shape index (κ3) is 2.86. The van der Waals surface area contributed by atoms with Gasteiger partial charge in [-0.15, -0.1) is 0 Å². The van der Waals surface area contributed by atoms with Gasteiger partial charge in [0.05, 0.1) is 0 Å². The van der Waals surface area contributed by atoms with Crippen molar-refractivity contribution in [2.45, 2.75) is 57.4 Å². The highest BCUT2D eigenvalue weighted by atomic mass is 14.9. The van der Waals surface area contributed by atoms with Gasteiger partial charge in [0.15, 0.2) is 0 Å². The van der Waals surface area contributed by atoms with Crippen molar-refractivity contribution in [3.05, 3.63) is 35.4 Å². The molecule has 2 aliphatic carbocycles. The van der Waals surface area contributed by atoms with Crippen molar-refractivity contribution >= 4 is 0 Å². The number of nitrogens with one attached hydrogen (secondary N) is 1. The number of hydrogen-bond acceptors (Lipinski definition) is 1. The molecule has 2 fully saturated rings. The van der Waals surface area contributed by atoms with Crippen LogP contribution in [0.15, 0.2) is 24.3 Å². The molecule has 3 atom stereocenters. The van der Waals surface area contributed by atoms with Crippen molar-refractivity contribution < 1.29 is 0 Å². The van der Waals surface area contributed by atoms with E-state index in [0.29, 0.717) is 6.04 Å². The molecule has 1 heteroatoms. The molecule has 1 N–H and O–H groups in total. The zero-order valence-electron chi connectivity index (χ0n) is 12.4. The molecule has 1 aromatic carbocycles. The van der Waals surface area contributed by atoms with E-state index in [1.165, 1.54) is 44.1 Å². The summed E-state index contributed by atoms with van der Waals surface area (Å²) < 4.78 is 0. The van der Waals surface area contributed by atoms with Crippen LogP contribution < -0.4 is 5.32 Å². The lowest BCUT2D eigenvalue weighted by Gasteiger charge is -2.23. The summed E-state index contributed by atoms with van der Waals surface area (Å²) in [7, 11) is 2.10. The van der Waals surface area contributed by atoms with Crippen LogP contribution in [0.4, 0.5) is 0 Å². The molecule has 19 heavy (non-hydrogen) atoms. The van der Waals surface area contributed by atoms with Crippen molar-refractivity contribution in [1.29, 1.82) is 0 Å². The van der Waals surface area contributed by atoms with Gasteiger partial charge in [0.1, 0.15) is 0 Å². The predicted octanol–water partition coefficient (Wildman–Crippen LogP) is 4.65. The van der Waals surface area contributed by atoms with E-state index in [1.807, 2.05) is 0 Å². The summed E-state index contributed by atoms with van der Waals surface area (Å²) in [5, 5.41) is 3.51. The minimum Gasteiger partial charge on any atom is -0.313 e. The van der Waals surface area contributed by atoms with Gasteiger partial charge in [-0.1, -0.05) is 50.5 Å². The summed E-state index contributed by atoms with van der Waals surface area (Å²) in [5.41, 5.74) is 3.05. The molecule has 0 spiro atoms. The fourth-order valence-corrected chi connectivity index (χ4v) is 3.85. The van der Waals surface area contributed by atoms with Crippen LogP contribution in [0.5, 0.6) is 0 Å². The molecular formula is C18H27N. The molecular weight excluding hydrogens is 230 g/mol. The minimum absolute atomic E-state index is 0.565. The molecule has 0 saturated heterocycles. The molecule has 1 nitrogen and oxygen atoms in total. The Morgan fingerprint density at radius 2 is 1.68 bits per heavy atom. The third-order valence-corrected chi connectivity index (χ3v) is 5.28. The van der Waals surface area contributed by atoms with Gasteiger partial charge < -0.3 is 5.32 Å². The first kappa shape index (κ1) is 13.2. The molecule has 2 saturated carbocycles. The van der Waals surface area contributed by atoms with Gasteiger partial charge >= 0.3 is 0 Å². The Morgan fingerprint density at radius 1 is 1.05 bits per heavy atom. The van der Waals surface area contributed by atoms with E-state index in [2.05, 4.69) is 43.6 Å². The van der Waals surface area contributed by atoms with Gasteiger partial charge in [0.25, 0.3) is 0 Å². The largest absolute Gasteiger partial charge is 0.313 e. The summed E-state index contributed by atoms with van der Waals surface area (Å²) in [6.45, 7) is 2.37. The highest BCUT2D eigenvalue weighted by Crippen LogP contribution is 2.47. The van der Waals surface area contributed by atoms with E-state index in [-0.39, 0.29) is 0 Å². The normalized spacial score (nSPS) is 29.2. The highest BCUT2D eigenvalue weighted by Gasteiger charge is 2.39. The second kappa shape index (κ2) is 5.66. The molecule has 0 aliphatic heterocycles. The highest BCUT2D eigenvalue weighted by molar-refractivity contribution is 5.29. The van der Waals surface area contributed by atoms with Crippen LogP contribution in [-0.2, 0) is 0 Å². The first-order valence-corrected chi connectivity index (χ1v) is 8.06. The molecule has 0 amide bonds. The predicted molar refractivity (Wildman–Crippen MR) is 81.3 cm³/mol. The van der Waals surface area contributed by atoms with Gasteiger partial charge in [-0.3, -0.25) is 0 Å². The Labute approximate surface area is 117 Å². The van der Waals surface area contributed by atoms with Gasteiger partial charge in [-0.2, -0.15) is 0 Å². The Morgan fingerprint density at radius 3 is 2.21 bits per heavy atom. The first-order chi connectivity index (χ1) is 9.29. The van der Waals surface area contributed by atoms with Crippen molar-refractivity contribution in [2.24, 2.45) is 11.8 Å². The SMILES string of the molecule is CNC(c1ccc(C2CCCCC2)cc1)C1CC1C. The summed E-state index contributed by atoms with van der Waals surface area (Å²) in [4.78, 5) is 0. The topological polar surface area (TPSA) is 12.0 Å². The van der Waals surface area contributed by atoms with Crippen LogP contribution >= 0.6 is 0 Å². The molecule has 3 rings (SSSR count). The Balaban J connectivity index is 1.70. The molecule has 0 heterocycles. The fourth-order valence-electron chi connectivity index (χ4n) is 3.85. The number of hydrogen-bond donors (Lipinski definition) is 1. The van der Waals surface area contributed by atoms with Gasteiger partial charge in [0, 0.05) is 6.04 Å². The number of benzene rings is 1. The lowest BCUT2D eigenvalue weighted by atomic mass is 9.83. The van der Waals surface area contributed by atoms with Crippen molar-refractivity contribution in [2.75, 3.05) is 7.05 Å².